The molecule has 1 aromatic carbocycles. The Bertz CT molecular complexity index is 751. The van der Waals surface area contributed by atoms with Crippen LogP contribution in [0.3, 0.4) is 0 Å². The van der Waals surface area contributed by atoms with Crippen molar-refractivity contribution in [3.8, 4) is 5.75 Å². The summed E-state index contributed by atoms with van der Waals surface area (Å²) in [4.78, 5) is 9.61. The molecule has 1 aromatic rings. The van der Waals surface area contributed by atoms with Gasteiger partial charge in [0.05, 0.1) is 18.0 Å². The summed E-state index contributed by atoms with van der Waals surface area (Å²) in [5.74, 6) is -1.69. The van der Waals surface area contributed by atoms with Crippen LogP contribution in [0.4, 0.5) is 18.9 Å². The van der Waals surface area contributed by atoms with Crippen LogP contribution in [0.25, 0.3) is 0 Å². The molecule has 2 rings (SSSR count). The third-order valence-corrected chi connectivity index (χ3v) is 5.65. The Morgan fingerprint density at radius 2 is 2.00 bits per heavy atom. The summed E-state index contributed by atoms with van der Waals surface area (Å²) in [7, 11) is -3.08. The van der Waals surface area contributed by atoms with Gasteiger partial charge in [0.25, 0.3) is 5.69 Å². The van der Waals surface area contributed by atoms with Crippen molar-refractivity contribution < 1.29 is 31.2 Å². The average molecular weight is 382 g/mol. The minimum atomic E-state index is -4.38. The van der Waals surface area contributed by atoms with Crippen LogP contribution in [0.5, 0.6) is 5.75 Å². The van der Waals surface area contributed by atoms with Gasteiger partial charge in [0, 0.05) is 18.2 Å². The van der Waals surface area contributed by atoms with Gasteiger partial charge in [-0.25, -0.2) is 13.1 Å². The highest BCUT2D eigenvalue weighted by Gasteiger charge is 2.43. The lowest BCUT2D eigenvalue weighted by molar-refractivity contribution is -0.385. The molecule has 0 aliphatic heterocycles. The van der Waals surface area contributed by atoms with Gasteiger partial charge in [0.1, 0.15) is 10.6 Å². The predicted octanol–water partition coefficient (Wildman–Crippen LogP) is 3.00. The van der Waals surface area contributed by atoms with E-state index in [4.69, 9.17) is 4.74 Å². The van der Waals surface area contributed by atoms with E-state index in [1.54, 1.807) is 0 Å². The van der Waals surface area contributed by atoms with E-state index in [0.29, 0.717) is 0 Å². The van der Waals surface area contributed by atoms with Gasteiger partial charge in [0.15, 0.2) is 0 Å². The van der Waals surface area contributed by atoms with Gasteiger partial charge in [-0.2, -0.15) is 13.2 Å². The topological polar surface area (TPSA) is 98.5 Å². The molecular weight excluding hydrogens is 365 g/mol. The number of nitrogens with one attached hydrogen (secondary N) is 1. The Morgan fingerprint density at radius 1 is 1.32 bits per heavy atom. The highest BCUT2D eigenvalue weighted by atomic mass is 32.2. The third kappa shape index (κ3) is 4.60. The van der Waals surface area contributed by atoms with Crippen molar-refractivity contribution in [3.05, 3.63) is 28.3 Å². The maximum atomic E-state index is 12.9. The molecule has 0 bridgehead atoms. The van der Waals surface area contributed by atoms with Crippen molar-refractivity contribution in [3.63, 3.8) is 0 Å². The molecule has 0 amide bonds. The highest BCUT2D eigenvalue weighted by molar-refractivity contribution is 7.89. The highest BCUT2D eigenvalue weighted by Crippen LogP contribution is 2.38. The lowest BCUT2D eigenvalue weighted by atomic mass is 9.86. The summed E-state index contributed by atoms with van der Waals surface area (Å²) >= 11 is 0. The number of hydrogen-bond acceptors (Lipinski definition) is 5. The third-order valence-electron chi connectivity index (χ3n) is 4.11. The second kappa shape index (κ2) is 7.16. The minimum absolute atomic E-state index is 0.0398. The lowest BCUT2D eigenvalue weighted by Crippen LogP contribution is -2.41. The van der Waals surface area contributed by atoms with Gasteiger partial charge in [-0.15, -0.1) is 0 Å². The molecule has 7 nitrogen and oxygen atoms in total. The van der Waals surface area contributed by atoms with E-state index in [2.05, 4.69) is 4.72 Å². The molecule has 25 heavy (non-hydrogen) atoms. The van der Waals surface area contributed by atoms with Crippen molar-refractivity contribution in [2.45, 2.75) is 42.8 Å². The summed E-state index contributed by atoms with van der Waals surface area (Å²) in [6.07, 6.45) is -4.28. The molecule has 0 spiro atoms. The Kier molecular flexibility index (Phi) is 5.57. The number of hydrogen-bond donors (Lipinski definition) is 1. The number of rotatable bonds is 5. The van der Waals surface area contributed by atoms with Crippen molar-refractivity contribution in [2.75, 3.05) is 7.11 Å². The van der Waals surface area contributed by atoms with E-state index in [9.17, 15) is 31.7 Å². The first kappa shape index (κ1) is 19.4. The van der Waals surface area contributed by atoms with Gasteiger partial charge in [-0.3, -0.25) is 10.1 Å². The van der Waals surface area contributed by atoms with Gasteiger partial charge in [-0.05, 0) is 25.3 Å². The van der Waals surface area contributed by atoms with E-state index in [1.165, 1.54) is 7.11 Å². The number of sulfonamides is 1. The summed E-state index contributed by atoms with van der Waals surface area (Å²) < 4.78 is 70.7. The normalized spacial score (nSPS) is 21.8. The molecular formula is C14H17F3N2O5S. The Hall–Kier alpha value is -1.88. The number of halogens is 3. The van der Waals surface area contributed by atoms with E-state index in [0.717, 1.165) is 18.2 Å². The standard InChI is InChI=1S/C14H17F3N2O5S/c1-24-12-6-5-11(19(20)21)8-13(12)25(22,23)18-10-4-2-3-9(7-10)14(15,16)17/h5-6,8-10,18H,2-4,7H2,1H3. The lowest BCUT2D eigenvalue weighted by Gasteiger charge is -2.30. The summed E-state index contributed by atoms with van der Waals surface area (Å²) in [6.45, 7) is 0. The molecule has 1 aliphatic carbocycles. The zero-order valence-electron chi connectivity index (χ0n) is 13.2. The Labute approximate surface area is 142 Å². The van der Waals surface area contributed by atoms with Gasteiger partial charge in [0.2, 0.25) is 10.0 Å². The second-order valence-corrected chi connectivity index (χ2v) is 7.50. The number of alkyl halides is 3. The number of nitro groups is 1. The Morgan fingerprint density at radius 3 is 2.56 bits per heavy atom. The average Bonchev–Trinajstić information content (AvgIpc) is 2.53. The molecule has 2 atom stereocenters. The number of benzene rings is 1. The van der Waals surface area contributed by atoms with Crippen LogP contribution in [-0.4, -0.2) is 32.7 Å². The SMILES string of the molecule is COc1ccc([N+](=O)[O-])cc1S(=O)(=O)NC1CCCC(C(F)(F)F)C1. The van der Waals surface area contributed by atoms with Crippen LogP contribution in [-0.2, 0) is 10.0 Å². The zero-order valence-corrected chi connectivity index (χ0v) is 14.1. The maximum absolute atomic E-state index is 12.9. The van der Waals surface area contributed by atoms with Crippen LogP contribution in [0.15, 0.2) is 23.1 Å². The first-order valence-corrected chi connectivity index (χ1v) is 8.94. The molecule has 2 unspecified atom stereocenters. The van der Waals surface area contributed by atoms with Crippen molar-refractivity contribution in [1.82, 2.24) is 4.72 Å². The fourth-order valence-electron chi connectivity index (χ4n) is 2.87. The van der Waals surface area contributed by atoms with Crippen molar-refractivity contribution >= 4 is 15.7 Å². The smallest absolute Gasteiger partial charge is 0.391 e. The summed E-state index contributed by atoms with van der Waals surface area (Å²) in [6, 6.07) is 2.14. The number of methoxy groups -OCH3 is 1. The van der Waals surface area contributed by atoms with Crippen LogP contribution < -0.4 is 9.46 Å². The first-order valence-electron chi connectivity index (χ1n) is 7.46. The molecule has 1 saturated carbocycles. The predicted molar refractivity (Wildman–Crippen MR) is 81.8 cm³/mol. The molecule has 0 radical (unpaired) electrons. The number of non-ortho nitro benzene ring substituents is 1. The minimum Gasteiger partial charge on any atom is -0.495 e. The van der Waals surface area contributed by atoms with Crippen molar-refractivity contribution in [2.24, 2.45) is 5.92 Å². The van der Waals surface area contributed by atoms with Crippen LogP contribution in [0.1, 0.15) is 25.7 Å². The molecule has 0 aromatic heterocycles. The fourth-order valence-corrected chi connectivity index (χ4v) is 4.34. The molecule has 1 aliphatic rings. The molecule has 1 N–H and O–H groups in total. The quantitative estimate of drug-likeness (QED) is 0.623. The van der Waals surface area contributed by atoms with E-state index >= 15 is 0 Å². The number of nitrogens with zero attached hydrogens (tertiary/aromatic N) is 1. The number of nitro benzene ring substituents is 1. The van der Waals surface area contributed by atoms with Gasteiger partial charge >= 0.3 is 6.18 Å². The van der Waals surface area contributed by atoms with Crippen LogP contribution in [0.2, 0.25) is 0 Å². The fraction of sp³-hybridized carbons (Fsp3) is 0.571. The van der Waals surface area contributed by atoms with Gasteiger partial charge in [-0.1, -0.05) is 6.42 Å². The van der Waals surface area contributed by atoms with Crippen molar-refractivity contribution in [1.29, 1.82) is 0 Å². The summed E-state index contributed by atoms with van der Waals surface area (Å²) in [5.41, 5.74) is -0.460. The molecule has 0 saturated heterocycles. The maximum Gasteiger partial charge on any atom is 0.391 e. The number of ether oxygens (including phenoxy) is 1. The van der Waals surface area contributed by atoms with E-state index < -0.39 is 43.7 Å². The van der Waals surface area contributed by atoms with E-state index in [-0.39, 0.29) is 31.4 Å². The van der Waals surface area contributed by atoms with Crippen LogP contribution >= 0.6 is 0 Å². The largest absolute Gasteiger partial charge is 0.495 e. The van der Waals surface area contributed by atoms with Gasteiger partial charge < -0.3 is 4.74 Å². The first-order chi connectivity index (χ1) is 11.5. The molecule has 11 heteroatoms. The molecule has 0 heterocycles. The second-order valence-electron chi connectivity index (χ2n) is 5.82. The zero-order chi connectivity index (χ0) is 18.8. The molecule has 140 valence electrons. The monoisotopic (exact) mass is 382 g/mol. The Balaban J connectivity index is 2.27. The summed E-state index contributed by atoms with van der Waals surface area (Å²) in [5, 5.41) is 10.8. The molecule has 1 fully saturated rings. The van der Waals surface area contributed by atoms with Crippen LogP contribution in [0, 0.1) is 16.0 Å². The van der Waals surface area contributed by atoms with E-state index in [1.807, 2.05) is 0 Å².